The van der Waals surface area contributed by atoms with E-state index in [0.29, 0.717) is 0 Å². The van der Waals surface area contributed by atoms with Gasteiger partial charge in [-0.1, -0.05) is 30.3 Å². The van der Waals surface area contributed by atoms with Crippen LogP contribution < -0.4 is 10.3 Å². The lowest BCUT2D eigenvalue weighted by Gasteiger charge is -2.41. The van der Waals surface area contributed by atoms with Crippen LogP contribution >= 0.6 is 0 Å². The van der Waals surface area contributed by atoms with Gasteiger partial charge in [0.05, 0.1) is 16.9 Å². The molecule has 33 heavy (non-hydrogen) atoms. The van der Waals surface area contributed by atoms with E-state index >= 15 is 8.78 Å². The summed E-state index contributed by atoms with van der Waals surface area (Å²) in [6, 6.07) is 9.64. The van der Waals surface area contributed by atoms with Crippen LogP contribution in [0.4, 0.5) is 14.5 Å². The van der Waals surface area contributed by atoms with E-state index in [1.54, 1.807) is 9.80 Å². The molecule has 0 radical (unpaired) electrons. The number of anilines is 1. The molecule has 170 valence electrons. The van der Waals surface area contributed by atoms with Gasteiger partial charge in [-0.25, -0.2) is 13.6 Å². The summed E-state index contributed by atoms with van der Waals surface area (Å²) in [6.45, 7) is 0.651. The van der Waals surface area contributed by atoms with Crippen LogP contribution in [0.2, 0.25) is 0 Å². The minimum atomic E-state index is -1.43. The van der Waals surface area contributed by atoms with Gasteiger partial charge in [0.15, 0.2) is 5.82 Å². The summed E-state index contributed by atoms with van der Waals surface area (Å²) in [4.78, 5) is 39.0. The van der Waals surface area contributed by atoms with Crippen molar-refractivity contribution < 1.29 is 23.5 Å². The van der Waals surface area contributed by atoms with Crippen molar-refractivity contribution in [1.82, 2.24) is 9.47 Å². The highest BCUT2D eigenvalue weighted by Gasteiger charge is 2.34. The first kappa shape index (κ1) is 21.1. The maximum absolute atomic E-state index is 15.9. The van der Waals surface area contributed by atoms with Gasteiger partial charge in [0.25, 0.3) is 0 Å². The Morgan fingerprint density at radius 3 is 2.48 bits per heavy atom. The molecule has 1 amide bonds. The number of benzene rings is 2. The first-order valence-corrected chi connectivity index (χ1v) is 10.7. The monoisotopic (exact) mass is 453 g/mol. The smallest absolute Gasteiger partial charge is 0.341 e. The van der Waals surface area contributed by atoms with Crippen molar-refractivity contribution in [3.8, 4) is 0 Å². The van der Waals surface area contributed by atoms with E-state index in [4.69, 9.17) is 0 Å². The third kappa shape index (κ3) is 3.53. The van der Waals surface area contributed by atoms with Gasteiger partial charge in [-0.05, 0) is 24.5 Å². The Morgan fingerprint density at radius 2 is 1.85 bits per heavy atom. The van der Waals surface area contributed by atoms with Crippen LogP contribution in [0.5, 0.6) is 0 Å². The number of carboxylic acids is 1. The van der Waals surface area contributed by atoms with Gasteiger partial charge in [0.2, 0.25) is 11.8 Å². The molecule has 2 heterocycles. The number of amides is 1. The molecule has 1 aliphatic heterocycles. The number of hydrogen-bond donors (Lipinski definition) is 1. The predicted molar refractivity (Wildman–Crippen MR) is 118 cm³/mol. The molecule has 1 saturated carbocycles. The standard InChI is InChI=1S/C24H21F2N3O4/c25-18-10-16-21(29(15-6-7-15)11-17(23(16)31)24(32)33)20(26)22(18)27-8-9-28(13-30)19(12-27)14-4-2-1-3-5-14/h1-5,10-11,13,15,19H,6-9,12H2,(H,32,33). The SMILES string of the molecule is O=CN1CCN(c2c(F)cc3c(=O)c(C(=O)O)cn(C4CC4)c3c2F)CC1c1ccccc1. The van der Waals surface area contributed by atoms with E-state index in [1.807, 2.05) is 30.3 Å². The maximum Gasteiger partial charge on any atom is 0.341 e. The number of carboxylic acid groups (broad SMARTS) is 1. The number of piperazine rings is 1. The van der Waals surface area contributed by atoms with Crippen molar-refractivity contribution >= 4 is 29.0 Å². The molecule has 0 spiro atoms. The van der Waals surface area contributed by atoms with Gasteiger partial charge in [-0.15, -0.1) is 0 Å². The van der Waals surface area contributed by atoms with Crippen LogP contribution in [0.15, 0.2) is 47.4 Å². The Kier molecular flexibility index (Phi) is 5.11. The Morgan fingerprint density at radius 1 is 1.12 bits per heavy atom. The normalized spacial score (nSPS) is 18.5. The fraction of sp³-hybridized carbons (Fsp3) is 0.292. The summed E-state index contributed by atoms with van der Waals surface area (Å²) in [5, 5.41) is 9.11. The summed E-state index contributed by atoms with van der Waals surface area (Å²) in [6.07, 6.45) is 3.33. The second-order valence-corrected chi connectivity index (χ2v) is 8.45. The zero-order chi connectivity index (χ0) is 23.3. The molecule has 2 fully saturated rings. The van der Waals surface area contributed by atoms with Gasteiger partial charge < -0.3 is 19.5 Å². The quantitative estimate of drug-likeness (QED) is 0.600. The molecule has 0 bridgehead atoms. The molecule has 1 aromatic heterocycles. The van der Waals surface area contributed by atoms with Crippen LogP contribution in [-0.2, 0) is 4.79 Å². The fourth-order valence-corrected chi connectivity index (χ4v) is 4.61. The first-order valence-electron chi connectivity index (χ1n) is 10.7. The largest absolute Gasteiger partial charge is 0.477 e. The number of carbonyl (C=O) groups is 2. The van der Waals surface area contributed by atoms with E-state index in [2.05, 4.69) is 0 Å². The molecule has 2 aliphatic rings. The molecular formula is C24H21F2N3O4. The highest BCUT2D eigenvalue weighted by Crippen LogP contribution is 2.40. The molecule has 1 atom stereocenters. The number of halogens is 2. The minimum absolute atomic E-state index is 0.0852. The summed E-state index contributed by atoms with van der Waals surface area (Å²) < 4.78 is 32.6. The first-order chi connectivity index (χ1) is 15.9. The van der Waals surface area contributed by atoms with Gasteiger partial charge in [0, 0.05) is 31.9 Å². The molecule has 1 N–H and O–H groups in total. The van der Waals surface area contributed by atoms with Gasteiger partial charge in [-0.2, -0.15) is 0 Å². The molecule has 5 rings (SSSR count). The van der Waals surface area contributed by atoms with E-state index in [1.165, 1.54) is 4.57 Å². The van der Waals surface area contributed by atoms with E-state index in [-0.39, 0.29) is 42.3 Å². The van der Waals surface area contributed by atoms with Crippen molar-refractivity contribution in [1.29, 1.82) is 0 Å². The van der Waals surface area contributed by atoms with Crippen molar-refractivity contribution in [2.75, 3.05) is 24.5 Å². The van der Waals surface area contributed by atoms with Crippen molar-refractivity contribution in [3.63, 3.8) is 0 Å². The molecule has 9 heteroatoms. The Balaban J connectivity index is 1.65. The van der Waals surface area contributed by atoms with Crippen molar-refractivity contribution in [3.05, 3.63) is 75.6 Å². The van der Waals surface area contributed by atoms with Crippen molar-refractivity contribution in [2.24, 2.45) is 0 Å². The van der Waals surface area contributed by atoms with Crippen LogP contribution in [-0.4, -0.2) is 46.6 Å². The topological polar surface area (TPSA) is 82.8 Å². The van der Waals surface area contributed by atoms with E-state index in [9.17, 15) is 19.5 Å². The average molecular weight is 453 g/mol. The second-order valence-electron chi connectivity index (χ2n) is 8.45. The Labute approximate surface area is 187 Å². The van der Waals surface area contributed by atoms with Gasteiger partial charge in [0.1, 0.15) is 17.1 Å². The number of rotatable bonds is 5. The average Bonchev–Trinajstić information content (AvgIpc) is 3.65. The summed E-state index contributed by atoms with van der Waals surface area (Å²) >= 11 is 0. The maximum atomic E-state index is 15.9. The van der Waals surface area contributed by atoms with Crippen LogP contribution in [0, 0.1) is 11.6 Å². The van der Waals surface area contributed by atoms with Crippen LogP contribution in [0.1, 0.15) is 40.8 Å². The molecule has 1 aliphatic carbocycles. The molecule has 7 nitrogen and oxygen atoms in total. The minimum Gasteiger partial charge on any atom is -0.477 e. The lowest BCUT2D eigenvalue weighted by molar-refractivity contribution is -0.120. The Bertz CT molecular complexity index is 1320. The Hall–Kier alpha value is -3.75. The number of pyridine rings is 1. The van der Waals surface area contributed by atoms with Gasteiger partial charge >= 0.3 is 5.97 Å². The number of fused-ring (bicyclic) bond motifs is 1. The second kappa shape index (κ2) is 7.99. The number of aromatic nitrogens is 1. The van der Waals surface area contributed by atoms with Crippen molar-refractivity contribution in [2.45, 2.75) is 24.9 Å². The summed E-state index contributed by atoms with van der Waals surface area (Å²) in [7, 11) is 0. The number of aromatic carboxylic acids is 1. The summed E-state index contributed by atoms with van der Waals surface area (Å²) in [5.74, 6) is -3.26. The highest BCUT2D eigenvalue weighted by atomic mass is 19.1. The van der Waals surface area contributed by atoms with E-state index < -0.39 is 34.6 Å². The zero-order valence-corrected chi connectivity index (χ0v) is 17.6. The lowest BCUT2D eigenvalue weighted by Crippen LogP contribution is -2.48. The summed E-state index contributed by atoms with van der Waals surface area (Å²) in [5.41, 5.74) is -0.933. The molecule has 1 unspecified atom stereocenters. The molecule has 2 aromatic carbocycles. The fourth-order valence-electron chi connectivity index (χ4n) is 4.61. The lowest BCUT2D eigenvalue weighted by atomic mass is 10.0. The third-order valence-electron chi connectivity index (χ3n) is 6.41. The third-order valence-corrected chi connectivity index (χ3v) is 6.41. The molecule has 3 aromatic rings. The zero-order valence-electron chi connectivity index (χ0n) is 17.6. The van der Waals surface area contributed by atoms with E-state index in [0.717, 1.165) is 37.1 Å². The predicted octanol–water partition coefficient (Wildman–Crippen LogP) is 3.33. The number of nitrogens with zero attached hydrogens (tertiary/aromatic N) is 3. The van der Waals surface area contributed by atoms with Crippen LogP contribution in [0.25, 0.3) is 10.9 Å². The number of carbonyl (C=O) groups excluding carboxylic acids is 1. The van der Waals surface area contributed by atoms with Gasteiger partial charge in [-0.3, -0.25) is 9.59 Å². The highest BCUT2D eigenvalue weighted by molar-refractivity contribution is 5.94. The van der Waals surface area contributed by atoms with Crippen LogP contribution in [0.3, 0.4) is 0 Å². The molecular weight excluding hydrogens is 432 g/mol. The molecule has 1 saturated heterocycles. The number of hydrogen-bond acceptors (Lipinski definition) is 4.